The summed E-state index contributed by atoms with van der Waals surface area (Å²) in [4.78, 5) is 23.3. The number of rotatable bonds is 3. The molecule has 5 rings (SSSR count). The number of carboxylic acids is 1. The molecule has 0 saturated carbocycles. The van der Waals surface area contributed by atoms with Crippen LogP contribution in [0.4, 0.5) is 18.9 Å². The van der Waals surface area contributed by atoms with Crippen LogP contribution in [0.2, 0.25) is 0 Å². The van der Waals surface area contributed by atoms with Crippen molar-refractivity contribution in [2.75, 3.05) is 37.4 Å². The normalized spacial score (nSPS) is 20.9. The van der Waals surface area contributed by atoms with E-state index in [0.717, 1.165) is 48.5 Å². The maximum atomic E-state index is 11.7. The van der Waals surface area contributed by atoms with Gasteiger partial charge in [-0.3, -0.25) is 4.79 Å². The van der Waals surface area contributed by atoms with Gasteiger partial charge in [0.1, 0.15) is 5.75 Å². The molecule has 2 aromatic rings. The van der Waals surface area contributed by atoms with Crippen LogP contribution in [-0.2, 0) is 10.5 Å². The van der Waals surface area contributed by atoms with E-state index in [2.05, 4.69) is 22.3 Å². The standard InChI is InChI=1S/C22H24N2O2S.C2HF3O2/c1-26-17-2-3-18(15(9-17)12-25)14-8-16-13-27-7-6-24-21-4-5-23-11-20(21)19(10-14)22(16)24;3-2(4,5)1(6)7/h2-3,8-10,12,20-21,23H,4-7,11,13H2,1H3;(H,6,7)/t20-,21-;/m0./s1. The first-order valence-electron chi connectivity index (χ1n) is 10.9. The van der Waals surface area contributed by atoms with Gasteiger partial charge in [-0.1, -0.05) is 0 Å². The molecule has 6 nitrogen and oxygen atoms in total. The zero-order chi connectivity index (χ0) is 24.5. The molecule has 0 spiro atoms. The summed E-state index contributed by atoms with van der Waals surface area (Å²) < 4.78 is 37.0. The molecule has 0 aromatic heterocycles. The molecule has 0 amide bonds. The van der Waals surface area contributed by atoms with Gasteiger partial charge in [-0.05, 0) is 65.6 Å². The summed E-state index contributed by atoms with van der Waals surface area (Å²) in [5.41, 5.74) is 7.21. The summed E-state index contributed by atoms with van der Waals surface area (Å²) in [7, 11) is 1.63. The highest BCUT2D eigenvalue weighted by molar-refractivity contribution is 7.98. The van der Waals surface area contributed by atoms with Crippen LogP contribution in [0, 0.1) is 0 Å². The van der Waals surface area contributed by atoms with Gasteiger partial charge in [0.2, 0.25) is 0 Å². The minimum atomic E-state index is -5.08. The number of thioether (sulfide) groups is 1. The number of halogens is 3. The lowest BCUT2D eigenvalue weighted by Gasteiger charge is -2.33. The van der Waals surface area contributed by atoms with Crippen LogP contribution in [-0.4, -0.2) is 62.1 Å². The van der Waals surface area contributed by atoms with E-state index in [1.807, 2.05) is 30.0 Å². The van der Waals surface area contributed by atoms with Crippen molar-refractivity contribution in [1.82, 2.24) is 5.32 Å². The number of aliphatic carboxylic acids is 1. The Labute approximate surface area is 199 Å². The van der Waals surface area contributed by atoms with E-state index in [0.29, 0.717) is 17.5 Å². The average molecular weight is 495 g/mol. The van der Waals surface area contributed by atoms with Crippen LogP contribution in [0.3, 0.4) is 0 Å². The zero-order valence-corrected chi connectivity index (χ0v) is 19.3. The van der Waals surface area contributed by atoms with Gasteiger partial charge in [-0.25, -0.2) is 4.79 Å². The van der Waals surface area contributed by atoms with Crippen LogP contribution in [0.5, 0.6) is 5.75 Å². The van der Waals surface area contributed by atoms with Gasteiger partial charge in [0, 0.05) is 47.8 Å². The first-order chi connectivity index (χ1) is 16.2. The summed E-state index contributed by atoms with van der Waals surface area (Å²) in [5, 5.41) is 10.7. The number of carboxylic acid groups (broad SMARTS) is 1. The second kappa shape index (κ2) is 9.87. The molecule has 3 heterocycles. The van der Waals surface area contributed by atoms with Crippen LogP contribution < -0.4 is 15.0 Å². The van der Waals surface area contributed by atoms with Crippen LogP contribution >= 0.6 is 11.8 Å². The number of ether oxygens (including phenoxy) is 1. The molecule has 3 aliphatic heterocycles. The number of carbonyl (C=O) groups is 2. The molecule has 0 aliphatic carbocycles. The highest BCUT2D eigenvalue weighted by Gasteiger charge is 2.42. The zero-order valence-electron chi connectivity index (χ0n) is 18.5. The molecule has 0 bridgehead atoms. The van der Waals surface area contributed by atoms with Crippen LogP contribution in [0.15, 0.2) is 30.3 Å². The summed E-state index contributed by atoms with van der Waals surface area (Å²) >= 11 is 2.02. The Morgan fingerprint density at radius 2 is 2.06 bits per heavy atom. The number of anilines is 1. The van der Waals surface area contributed by atoms with Crippen molar-refractivity contribution < 1.29 is 32.6 Å². The van der Waals surface area contributed by atoms with Gasteiger partial charge in [0.25, 0.3) is 0 Å². The van der Waals surface area contributed by atoms with Crippen molar-refractivity contribution in [3.8, 4) is 16.9 Å². The molecule has 0 unspecified atom stereocenters. The van der Waals surface area contributed by atoms with Gasteiger partial charge in [0.05, 0.1) is 7.11 Å². The van der Waals surface area contributed by atoms with E-state index in [4.69, 9.17) is 14.6 Å². The summed E-state index contributed by atoms with van der Waals surface area (Å²) in [6.07, 6.45) is -2.93. The fourth-order valence-corrected chi connectivity index (χ4v) is 5.88. The van der Waals surface area contributed by atoms with Crippen molar-refractivity contribution in [3.05, 3.63) is 47.0 Å². The summed E-state index contributed by atoms with van der Waals surface area (Å²) in [6.45, 7) is 3.30. The minimum Gasteiger partial charge on any atom is -0.497 e. The fourth-order valence-electron chi connectivity index (χ4n) is 4.97. The lowest BCUT2D eigenvalue weighted by atomic mass is 9.87. The number of fused-ring (bicyclic) bond motifs is 3. The first-order valence-corrected chi connectivity index (χ1v) is 12.1. The van der Waals surface area contributed by atoms with Crippen molar-refractivity contribution in [3.63, 3.8) is 0 Å². The highest BCUT2D eigenvalue weighted by atomic mass is 32.2. The van der Waals surface area contributed by atoms with E-state index in [1.165, 1.54) is 29.0 Å². The van der Waals surface area contributed by atoms with Gasteiger partial charge in [0.15, 0.2) is 6.29 Å². The Balaban J connectivity index is 0.000000344. The van der Waals surface area contributed by atoms with Crippen molar-refractivity contribution >= 4 is 29.7 Å². The van der Waals surface area contributed by atoms with E-state index in [9.17, 15) is 18.0 Å². The van der Waals surface area contributed by atoms with Crippen LogP contribution in [0.25, 0.3) is 11.1 Å². The SMILES string of the molecule is COc1ccc(-c2cc3c4c(c2)[C@@H]2CNCC[C@@H]2N4CCSC3)c(C=O)c1.O=C(O)C(F)(F)F. The largest absolute Gasteiger partial charge is 0.497 e. The second-order valence-corrected chi connectivity index (χ2v) is 9.46. The highest BCUT2D eigenvalue weighted by Crippen LogP contribution is 2.49. The van der Waals surface area contributed by atoms with Gasteiger partial charge < -0.3 is 20.1 Å². The third-order valence-corrected chi connectivity index (χ3v) is 7.41. The van der Waals surface area contributed by atoms with Gasteiger partial charge in [-0.15, -0.1) is 0 Å². The Morgan fingerprint density at radius 3 is 2.74 bits per heavy atom. The quantitative estimate of drug-likeness (QED) is 0.616. The predicted molar refractivity (Wildman–Crippen MR) is 125 cm³/mol. The number of methoxy groups -OCH3 is 1. The maximum absolute atomic E-state index is 11.7. The number of aldehydes is 1. The molecule has 10 heteroatoms. The first kappa shape index (κ1) is 24.4. The van der Waals surface area contributed by atoms with E-state index in [1.54, 1.807) is 7.11 Å². The van der Waals surface area contributed by atoms with E-state index in [-0.39, 0.29) is 0 Å². The molecule has 1 saturated heterocycles. The maximum Gasteiger partial charge on any atom is 0.490 e. The van der Waals surface area contributed by atoms with Gasteiger partial charge >= 0.3 is 12.1 Å². The number of benzene rings is 2. The number of hydrogen-bond donors (Lipinski definition) is 2. The summed E-state index contributed by atoms with van der Waals surface area (Å²) in [6, 6.07) is 11.1. The van der Waals surface area contributed by atoms with Crippen molar-refractivity contribution in [2.24, 2.45) is 0 Å². The topological polar surface area (TPSA) is 78.9 Å². The van der Waals surface area contributed by atoms with Crippen molar-refractivity contribution in [1.29, 1.82) is 0 Å². The molecule has 0 radical (unpaired) electrons. The number of piperidine rings is 1. The number of nitrogens with one attached hydrogen (secondary N) is 1. The molecule has 3 aliphatic rings. The molecule has 2 aromatic carbocycles. The molecule has 2 N–H and O–H groups in total. The second-order valence-electron chi connectivity index (χ2n) is 8.36. The minimum absolute atomic E-state index is 0.550. The van der Waals surface area contributed by atoms with E-state index < -0.39 is 12.1 Å². The Bertz CT molecular complexity index is 1090. The third-order valence-electron chi connectivity index (χ3n) is 6.42. The van der Waals surface area contributed by atoms with Crippen LogP contribution in [0.1, 0.15) is 33.8 Å². The Morgan fingerprint density at radius 1 is 1.29 bits per heavy atom. The van der Waals surface area contributed by atoms with Crippen molar-refractivity contribution in [2.45, 2.75) is 30.3 Å². The average Bonchev–Trinajstić information content (AvgIpc) is 2.98. The monoisotopic (exact) mass is 494 g/mol. The number of carbonyl (C=O) groups excluding carboxylic acids is 1. The van der Waals surface area contributed by atoms with Gasteiger partial charge in [-0.2, -0.15) is 24.9 Å². The molecule has 2 atom stereocenters. The summed E-state index contributed by atoms with van der Waals surface area (Å²) in [5.74, 6) is 0.744. The number of hydrogen-bond acceptors (Lipinski definition) is 6. The smallest absolute Gasteiger partial charge is 0.490 e. The molecule has 182 valence electrons. The number of nitrogens with zero attached hydrogens (tertiary/aromatic N) is 1. The number of alkyl halides is 3. The predicted octanol–water partition coefficient (Wildman–Crippen LogP) is 4.32. The fraction of sp³-hybridized carbons (Fsp3) is 0.417. The molecular weight excluding hydrogens is 469 g/mol. The molecule has 34 heavy (non-hydrogen) atoms. The third kappa shape index (κ3) is 4.74. The van der Waals surface area contributed by atoms with E-state index >= 15 is 0 Å². The molecule has 1 fully saturated rings. The molecular formula is C24H25F3N2O4S. The Hall–Kier alpha value is -2.72. The Kier molecular flexibility index (Phi) is 7.09. The lowest BCUT2D eigenvalue weighted by Crippen LogP contribution is -2.44. The lowest BCUT2D eigenvalue weighted by molar-refractivity contribution is -0.192.